The molecular formula is C19H27N3O5S. The predicted molar refractivity (Wildman–Crippen MR) is 103 cm³/mol. The molecule has 1 saturated carbocycles. The van der Waals surface area contributed by atoms with Crippen LogP contribution in [0.15, 0.2) is 27.6 Å². The van der Waals surface area contributed by atoms with Gasteiger partial charge in [0.15, 0.2) is 5.82 Å². The summed E-state index contributed by atoms with van der Waals surface area (Å²) in [6, 6.07) is 4.69. The van der Waals surface area contributed by atoms with Gasteiger partial charge in [0.1, 0.15) is 16.4 Å². The molecule has 0 aliphatic heterocycles. The van der Waals surface area contributed by atoms with Gasteiger partial charge in [-0.15, -0.1) is 0 Å². The Labute approximate surface area is 165 Å². The Morgan fingerprint density at radius 1 is 1.18 bits per heavy atom. The first kappa shape index (κ1) is 20.6. The quantitative estimate of drug-likeness (QED) is 0.661. The van der Waals surface area contributed by atoms with E-state index in [2.05, 4.69) is 10.1 Å². The van der Waals surface area contributed by atoms with Gasteiger partial charge in [0.25, 0.3) is 0 Å². The number of nitrogens with zero attached hydrogens (tertiary/aromatic N) is 3. The summed E-state index contributed by atoms with van der Waals surface area (Å²) in [7, 11) is 0.694. The molecule has 9 heteroatoms. The minimum absolute atomic E-state index is 0.0628. The van der Waals surface area contributed by atoms with Crippen molar-refractivity contribution >= 4 is 10.0 Å². The van der Waals surface area contributed by atoms with Crippen LogP contribution >= 0.6 is 0 Å². The summed E-state index contributed by atoms with van der Waals surface area (Å²) in [6.07, 6.45) is 6.15. The molecule has 2 aromatic rings. The summed E-state index contributed by atoms with van der Waals surface area (Å²) < 4.78 is 43.0. The Bertz CT molecular complexity index is 891. The molecule has 0 spiro atoms. The zero-order chi connectivity index (χ0) is 20.1. The highest BCUT2D eigenvalue weighted by Gasteiger charge is 2.26. The van der Waals surface area contributed by atoms with Crippen LogP contribution in [0.25, 0.3) is 0 Å². The fraction of sp³-hybridized carbons (Fsp3) is 0.579. The second-order valence-corrected chi connectivity index (χ2v) is 8.99. The molecule has 0 saturated heterocycles. The Morgan fingerprint density at radius 3 is 2.61 bits per heavy atom. The van der Waals surface area contributed by atoms with E-state index in [-0.39, 0.29) is 17.2 Å². The maximum atomic E-state index is 13.0. The van der Waals surface area contributed by atoms with E-state index in [4.69, 9.17) is 14.0 Å². The van der Waals surface area contributed by atoms with Crippen molar-refractivity contribution in [2.45, 2.75) is 49.3 Å². The Morgan fingerprint density at radius 2 is 1.93 bits per heavy atom. The van der Waals surface area contributed by atoms with Crippen LogP contribution in [0.3, 0.4) is 0 Å². The van der Waals surface area contributed by atoms with Gasteiger partial charge in [-0.1, -0.05) is 24.4 Å². The number of rotatable bonds is 8. The molecular weight excluding hydrogens is 382 g/mol. The lowest BCUT2D eigenvalue weighted by Gasteiger charge is -2.18. The molecule has 0 N–H and O–H groups in total. The van der Waals surface area contributed by atoms with Crippen LogP contribution in [0.5, 0.6) is 11.5 Å². The van der Waals surface area contributed by atoms with Crippen molar-refractivity contribution in [1.82, 2.24) is 14.4 Å². The van der Waals surface area contributed by atoms with Crippen LogP contribution < -0.4 is 9.47 Å². The van der Waals surface area contributed by atoms with E-state index in [1.54, 1.807) is 12.1 Å². The molecule has 1 aromatic carbocycles. The molecule has 1 aromatic heterocycles. The molecule has 0 radical (unpaired) electrons. The van der Waals surface area contributed by atoms with E-state index in [0.29, 0.717) is 29.8 Å². The van der Waals surface area contributed by atoms with E-state index in [1.807, 2.05) is 0 Å². The summed E-state index contributed by atoms with van der Waals surface area (Å²) in [5, 5.41) is 4.03. The van der Waals surface area contributed by atoms with Gasteiger partial charge in [0.05, 0.1) is 14.2 Å². The first-order valence-corrected chi connectivity index (χ1v) is 10.9. The van der Waals surface area contributed by atoms with Gasteiger partial charge in [-0.3, -0.25) is 0 Å². The van der Waals surface area contributed by atoms with Crippen molar-refractivity contribution in [2.75, 3.05) is 27.8 Å². The SMILES string of the molecule is COc1ccc(OC)c(S(=O)(=O)N(C)CCc2noc(C3CCCCC3)n2)c1. The van der Waals surface area contributed by atoms with Gasteiger partial charge in [0, 0.05) is 32.0 Å². The van der Waals surface area contributed by atoms with Crippen molar-refractivity contribution < 1.29 is 22.4 Å². The van der Waals surface area contributed by atoms with E-state index in [0.717, 1.165) is 12.8 Å². The van der Waals surface area contributed by atoms with E-state index >= 15 is 0 Å². The van der Waals surface area contributed by atoms with E-state index < -0.39 is 10.0 Å². The third kappa shape index (κ3) is 4.47. The fourth-order valence-corrected chi connectivity index (χ4v) is 4.75. The number of likely N-dealkylation sites (N-methyl/N-ethyl adjacent to an activating group) is 1. The third-order valence-corrected chi connectivity index (χ3v) is 7.03. The summed E-state index contributed by atoms with van der Waals surface area (Å²) in [6.45, 7) is 0.229. The second kappa shape index (κ2) is 8.91. The number of hydrogen-bond donors (Lipinski definition) is 0. The summed E-state index contributed by atoms with van der Waals surface area (Å²) in [4.78, 5) is 4.54. The highest BCUT2D eigenvalue weighted by Crippen LogP contribution is 2.32. The molecule has 1 aliphatic carbocycles. The Kier molecular flexibility index (Phi) is 6.56. The molecule has 1 aliphatic rings. The van der Waals surface area contributed by atoms with Crippen molar-refractivity contribution in [1.29, 1.82) is 0 Å². The zero-order valence-electron chi connectivity index (χ0n) is 16.6. The Hall–Kier alpha value is -2.13. The lowest BCUT2D eigenvalue weighted by molar-refractivity contribution is 0.311. The molecule has 0 amide bonds. The van der Waals surface area contributed by atoms with Gasteiger partial charge in [-0.05, 0) is 25.0 Å². The number of sulfonamides is 1. The van der Waals surface area contributed by atoms with Crippen LogP contribution in [-0.4, -0.2) is 50.7 Å². The predicted octanol–water partition coefficient (Wildman–Crippen LogP) is 3.00. The maximum Gasteiger partial charge on any atom is 0.246 e. The normalized spacial score (nSPS) is 15.7. The molecule has 1 fully saturated rings. The largest absolute Gasteiger partial charge is 0.497 e. The van der Waals surface area contributed by atoms with Gasteiger partial charge in [-0.25, -0.2) is 12.7 Å². The number of ether oxygens (including phenoxy) is 2. The third-order valence-electron chi connectivity index (χ3n) is 5.15. The molecule has 0 atom stereocenters. The van der Waals surface area contributed by atoms with Crippen molar-refractivity contribution in [3.8, 4) is 11.5 Å². The number of benzene rings is 1. The van der Waals surface area contributed by atoms with Crippen molar-refractivity contribution in [3.05, 3.63) is 29.9 Å². The first-order chi connectivity index (χ1) is 13.5. The number of aromatic nitrogens is 2. The minimum Gasteiger partial charge on any atom is -0.497 e. The summed E-state index contributed by atoms with van der Waals surface area (Å²) in [5.74, 6) is 2.25. The molecule has 28 heavy (non-hydrogen) atoms. The van der Waals surface area contributed by atoms with Crippen molar-refractivity contribution in [2.24, 2.45) is 0 Å². The Balaban J connectivity index is 1.69. The van der Waals surface area contributed by atoms with Gasteiger partial charge in [0.2, 0.25) is 15.9 Å². The molecule has 154 valence electrons. The molecule has 0 unspecified atom stereocenters. The maximum absolute atomic E-state index is 13.0. The van der Waals surface area contributed by atoms with Crippen LogP contribution in [0.2, 0.25) is 0 Å². The zero-order valence-corrected chi connectivity index (χ0v) is 17.4. The van der Waals surface area contributed by atoms with Gasteiger partial charge >= 0.3 is 0 Å². The first-order valence-electron chi connectivity index (χ1n) is 9.46. The van der Waals surface area contributed by atoms with E-state index in [9.17, 15) is 8.42 Å². The number of methoxy groups -OCH3 is 2. The molecule has 1 heterocycles. The van der Waals surface area contributed by atoms with Crippen molar-refractivity contribution in [3.63, 3.8) is 0 Å². The highest BCUT2D eigenvalue weighted by molar-refractivity contribution is 7.89. The second-order valence-electron chi connectivity index (χ2n) is 6.98. The smallest absolute Gasteiger partial charge is 0.246 e. The fourth-order valence-electron chi connectivity index (χ4n) is 3.42. The summed E-state index contributed by atoms with van der Waals surface area (Å²) in [5.41, 5.74) is 0. The lowest BCUT2D eigenvalue weighted by atomic mass is 9.89. The van der Waals surface area contributed by atoms with Crippen LogP contribution in [0.4, 0.5) is 0 Å². The monoisotopic (exact) mass is 409 g/mol. The van der Waals surface area contributed by atoms with Gasteiger partial charge in [-0.2, -0.15) is 4.98 Å². The van der Waals surface area contributed by atoms with E-state index in [1.165, 1.54) is 50.9 Å². The van der Waals surface area contributed by atoms with Gasteiger partial charge < -0.3 is 14.0 Å². The summed E-state index contributed by atoms with van der Waals surface area (Å²) >= 11 is 0. The average Bonchev–Trinajstić information content (AvgIpc) is 3.21. The van der Waals surface area contributed by atoms with Crippen LogP contribution in [0.1, 0.15) is 49.7 Å². The minimum atomic E-state index is -3.76. The lowest BCUT2D eigenvalue weighted by Crippen LogP contribution is -2.29. The molecule has 8 nitrogen and oxygen atoms in total. The molecule has 3 rings (SSSR count). The topological polar surface area (TPSA) is 94.8 Å². The molecule has 0 bridgehead atoms. The van der Waals surface area contributed by atoms with Crippen LogP contribution in [-0.2, 0) is 16.4 Å². The highest BCUT2D eigenvalue weighted by atomic mass is 32.2. The average molecular weight is 410 g/mol. The number of hydrogen-bond acceptors (Lipinski definition) is 7. The standard InChI is InChI=1S/C19H27N3O5S/c1-22(28(23,24)17-13-15(25-2)9-10-16(17)26-3)12-11-18-20-19(27-21-18)14-7-5-4-6-8-14/h9-10,13-14H,4-8,11-12H2,1-3H3. The van der Waals surface area contributed by atoms with Crippen LogP contribution in [0, 0.1) is 0 Å².